The maximum Gasteiger partial charge on any atom is 0.336 e. The predicted molar refractivity (Wildman–Crippen MR) is 99.6 cm³/mol. The standard InChI is InChI=1S/C21H26O6/c1-13(2)17(12-22)7-6-16-9-18(26-20(16)24)8-14(3)10-21(25-5)11-15(4)19(23)27-21/h9-12,18H,6-8H2,1-5H3/b14-10+/t18-,21-/m0/s1. The van der Waals surface area contributed by atoms with E-state index in [9.17, 15) is 14.4 Å². The molecule has 0 saturated carbocycles. The van der Waals surface area contributed by atoms with Crippen molar-refractivity contribution in [2.24, 2.45) is 0 Å². The van der Waals surface area contributed by atoms with E-state index in [2.05, 4.69) is 0 Å². The van der Waals surface area contributed by atoms with Gasteiger partial charge in [0, 0.05) is 30.8 Å². The Bertz CT molecular complexity index is 764. The number of esters is 2. The lowest BCUT2D eigenvalue weighted by Gasteiger charge is -2.22. The third-order valence-electron chi connectivity index (χ3n) is 4.64. The quantitative estimate of drug-likeness (QED) is 0.281. The number of aldehydes is 1. The van der Waals surface area contributed by atoms with Gasteiger partial charge in [0.05, 0.1) is 0 Å². The molecule has 6 heteroatoms. The van der Waals surface area contributed by atoms with E-state index in [1.165, 1.54) is 7.11 Å². The molecule has 0 aromatic rings. The first kappa shape index (κ1) is 20.8. The largest absolute Gasteiger partial charge is 0.454 e. The third-order valence-corrected chi connectivity index (χ3v) is 4.64. The lowest BCUT2D eigenvalue weighted by Crippen LogP contribution is -2.28. The van der Waals surface area contributed by atoms with Crippen LogP contribution in [-0.2, 0) is 28.6 Å². The number of ether oxygens (including phenoxy) is 3. The first-order chi connectivity index (χ1) is 12.7. The van der Waals surface area contributed by atoms with Crippen LogP contribution in [0, 0.1) is 0 Å². The minimum Gasteiger partial charge on any atom is -0.454 e. The normalized spacial score (nSPS) is 24.9. The SMILES string of the molecule is CO[C@]1(/C=C(\C)C[C@H]2C=C(CCC(C=O)=C(C)C)C(=O)O2)C=C(C)C(=O)O1. The van der Waals surface area contributed by atoms with Gasteiger partial charge >= 0.3 is 11.9 Å². The average molecular weight is 374 g/mol. The van der Waals surface area contributed by atoms with E-state index < -0.39 is 11.8 Å². The molecule has 146 valence electrons. The van der Waals surface area contributed by atoms with E-state index in [1.54, 1.807) is 25.2 Å². The molecule has 0 amide bonds. The highest BCUT2D eigenvalue weighted by atomic mass is 16.7. The molecular formula is C21H26O6. The molecule has 2 rings (SSSR count). The Labute approximate surface area is 159 Å². The molecule has 0 fully saturated rings. The van der Waals surface area contributed by atoms with Gasteiger partial charge in [0.15, 0.2) is 0 Å². The highest BCUT2D eigenvalue weighted by Crippen LogP contribution is 2.30. The van der Waals surface area contributed by atoms with Crippen LogP contribution in [0.15, 0.2) is 46.1 Å². The Morgan fingerprint density at radius 1 is 1.26 bits per heavy atom. The Morgan fingerprint density at radius 2 is 1.96 bits per heavy atom. The lowest BCUT2D eigenvalue weighted by molar-refractivity contribution is -0.173. The van der Waals surface area contributed by atoms with Gasteiger partial charge < -0.3 is 14.2 Å². The van der Waals surface area contributed by atoms with E-state index in [-0.39, 0.29) is 12.1 Å². The van der Waals surface area contributed by atoms with E-state index in [0.29, 0.717) is 36.0 Å². The molecule has 0 saturated heterocycles. The molecular weight excluding hydrogens is 348 g/mol. The number of cyclic esters (lactones) is 2. The fraction of sp³-hybridized carbons (Fsp3) is 0.476. The number of carbonyl (C=O) groups is 3. The van der Waals surface area contributed by atoms with Crippen molar-refractivity contribution in [3.05, 3.63) is 46.1 Å². The van der Waals surface area contributed by atoms with Crippen molar-refractivity contribution in [2.75, 3.05) is 7.11 Å². The highest BCUT2D eigenvalue weighted by molar-refractivity contribution is 5.91. The van der Waals surface area contributed by atoms with Crippen molar-refractivity contribution < 1.29 is 28.6 Å². The Morgan fingerprint density at radius 3 is 2.48 bits per heavy atom. The molecule has 0 unspecified atom stereocenters. The second-order valence-corrected chi connectivity index (χ2v) is 7.12. The molecule has 2 aliphatic heterocycles. The van der Waals surface area contributed by atoms with Gasteiger partial charge in [0.2, 0.25) is 0 Å². The molecule has 2 atom stereocenters. The monoisotopic (exact) mass is 374 g/mol. The third kappa shape index (κ3) is 5.04. The van der Waals surface area contributed by atoms with Gasteiger partial charge in [-0.25, -0.2) is 9.59 Å². The summed E-state index contributed by atoms with van der Waals surface area (Å²) in [5, 5.41) is 0. The number of allylic oxidation sites excluding steroid dienone is 2. The summed E-state index contributed by atoms with van der Waals surface area (Å²) in [5.41, 5.74) is 3.59. The van der Waals surface area contributed by atoms with Crippen LogP contribution in [-0.4, -0.2) is 37.2 Å². The molecule has 0 radical (unpaired) electrons. The van der Waals surface area contributed by atoms with Crippen LogP contribution in [0.2, 0.25) is 0 Å². The Hall–Kier alpha value is -2.47. The smallest absolute Gasteiger partial charge is 0.336 e. The minimum atomic E-state index is -1.21. The van der Waals surface area contributed by atoms with Crippen LogP contribution >= 0.6 is 0 Å². The minimum absolute atomic E-state index is 0.351. The number of rotatable bonds is 8. The van der Waals surface area contributed by atoms with Gasteiger partial charge in [-0.15, -0.1) is 0 Å². The first-order valence-corrected chi connectivity index (χ1v) is 8.89. The van der Waals surface area contributed by atoms with Crippen molar-refractivity contribution in [1.29, 1.82) is 0 Å². The lowest BCUT2D eigenvalue weighted by atomic mass is 10.0. The number of hydrogen-bond donors (Lipinski definition) is 0. The zero-order valence-electron chi connectivity index (χ0n) is 16.5. The summed E-state index contributed by atoms with van der Waals surface area (Å²) in [7, 11) is 1.47. The highest BCUT2D eigenvalue weighted by Gasteiger charge is 2.37. The van der Waals surface area contributed by atoms with Crippen molar-refractivity contribution in [3.63, 3.8) is 0 Å². The zero-order chi connectivity index (χ0) is 20.2. The second-order valence-electron chi connectivity index (χ2n) is 7.12. The van der Waals surface area contributed by atoms with Gasteiger partial charge in [0.1, 0.15) is 12.4 Å². The van der Waals surface area contributed by atoms with Crippen LogP contribution < -0.4 is 0 Å². The number of hydrogen-bond acceptors (Lipinski definition) is 6. The topological polar surface area (TPSA) is 78.9 Å². The number of carbonyl (C=O) groups excluding carboxylic acids is 3. The summed E-state index contributed by atoms with van der Waals surface area (Å²) < 4.78 is 16.1. The molecule has 0 spiro atoms. The van der Waals surface area contributed by atoms with E-state index in [1.807, 2.05) is 20.8 Å². The fourth-order valence-corrected chi connectivity index (χ4v) is 3.09. The average Bonchev–Trinajstić information content (AvgIpc) is 3.07. The Kier molecular flexibility index (Phi) is 6.54. The molecule has 6 nitrogen and oxygen atoms in total. The summed E-state index contributed by atoms with van der Waals surface area (Å²) in [6.07, 6.45) is 7.05. The summed E-state index contributed by atoms with van der Waals surface area (Å²) in [5.74, 6) is -1.97. The molecule has 27 heavy (non-hydrogen) atoms. The van der Waals surface area contributed by atoms with Crippen molar-refractivity contribution >= 4 is 18.2 Å². The van der Waals surface area contributed by atoms with Crippen LogP contribution in [0.4, 0.5) is 0 Å². The molecule has 0 aromatic heterocycles. The maximum absolute atomic E-state index is 12.1. The van der Waals surface area contributed by atoms with Crippen molar-refractivity contribution in [3.8, 4) is 0 Å². The van der Waals surface area contributed by atoms with Gasteiger partial charge in [-0.3, -0.25) is 4.79 Å². The zero-order valence-corrected chi connectivity index (χ0v) is 16.5. The molecule has 2 aliphatic rings. The van der Waals surface area contributed by atoms with E-state index in [0.717, 1.165) is 17.4 Å². The first-order valence-electron chi connectivity index (χ1n) is 8.89. The van der Waals surface area contributed by atoms with Gasteiger partial charge in [-0.05, 0) is 58.3 Å². The summed E-state index contributed by atoms with van der Waals surface area (Å²) in [6, 6.07) is 0. The van der Waals surface area contributed by atoms with Gasteiger partial charge in [-0.1, -0.05) is 11.1 Å². The summed E-state index contributed by atoms with van der Waals surface area (Å²) in [4.78, 5) is 34.8. The van der Waals surface area contributed by atoms with Crippen LogP contribution in [0.5, 0.6) is 0 Å². The maximum atomic E-state index is 12.1. The van der Waals surface area contributed by atoms with E-state index >= 15 is 0 Å². The van der Waals surface area contributed by atoms with Crippen LogP contribution in [0.1, 0.15) is 47.0 Å². The molecule has 0 bridgehead atoms. The van der Waals surface area contributed by atoms with E-state index in [4.69, 9.17) is 14.2 Å². The summed E-state index contributed by atoms with van der Waals surface area (Å²) >= 11 is 0. The predicted octanol–water partition coefficient (Wildman–Crippen LogP) is 3.34. The molecule has 2 heterocycles. The Balaban J connectivity index is 2.04. The molecule has 0 aromatic carbocycles. The van der Waals surface area contributed by atoms with Crippen LogP contribution in [0.25, 0.3) is 0 Å². The van der Waals surface area contributed by atoms with Crippen molar-refractivity contribution in [1.82, 2.24) is 0 Å². The molecule has 0 N–H and O–H groups in total. The number of methoxy groups -OCH3 is 1. The van der Waals surface area contributed by atoms with Gasteiger partial charge in [-0.2, -0.15) is 0 Å². The second kappa shape index (κ2) is 8.48. The van der Waals surface area contributed by atoms with Crippen molar-refractivity contribution in [2.45, 2.75) is 58.8 Å². The van der Waals surface area contributed by atoms with Crippen LogP contribution in [0.3, 0.4) is 0 Å². The molecule has 0 aliphatic carbocycles. The summed E-state index contributed by atoms with van der Waals surface area (Å²) in [6.45, 7) is 7.28. The van der Waals surface area contributed by atoms with Gasteiger partial charge in [0.25, 0.3) is 5.79 Å². The fourth-order valence-electron chi connectivity index (χ4n) is 3.09.